The van der Waals surface area contributed by atoms with Crippen molar-refractivity contribution in [3.05, 3.63) is 113 Å². The van der Waals surface area contributed by atoms with Crippen LogP contribution in [0, 0.1) is 11.6 Å². The molecule has 1 saturated carbocycles. The van der Waals surface area contributed by atoms with Crippen LogP contribution in [0.5, 0.6) is 0 Å². The van der Waals surface area contributed by atoms with Gasteiger partial charge in [0.05, 0.1) is 22.9 Å². The van der Waals surface area contributed by atoms with Crippen LogP contribution in [0.25, 0.3) is 0 Å². The molecule has 206 valence electrons. The maximum atomic E-state index is 13.9. The van der Waals surface area contributed by atoms with Gasteiger partial charge in [-0.05, 0) is 72.7 Å². The topological polar surface area (TPSA) is 78.4 Å². The minimum Gasteiger partial charge on any atom is -0.390 e. The second-order valence-corrected chi connectivity index (χ2v) is 11.5. The van der Waals surface area contributed by atoms with E-state index in [1.165, 1.54) is 17.7 Å². The fourth-order valence-corrected chi connectivity index (χ4v) is 5.62. The van der Waals surface area contributed by atoms with Crippen LogP contribution in [0.2, 0.25) is 0 Å². The van der Waals surface area contributed by atoms with Crippen molar-refractivity contribution in [1.29, 1.82) is 0 Å². The highest BCUT2D eigenvalue weighted by Gasteiger charge is 2.44. The third-order valence-corrected chi connectivity index (χ3v) is 8.39. The lowest BCUT2D eigenvalue weighted by atomic mass is 9.98. The Morgan fingerprint density at radius 1 is 1.08 bits per heavy atom. The Hall–Kier alpha value is -3.20. The lowest BCUT2D eigenvalue weighted by Crippen LogP contribution is -2.50. The van der Waals surface area contributed by atoms with Gasteiger partial charge in [-0.2, -0.15) is 0 Å². The van der Waals surface area contributed by atoms with Gasteiger partial charge in [0.15, 0.2) is 0 Å². The van der Waals surface area contributed by atoms with E-state index >= 15 is 0 Å². The Morgan fingerprint density at radius 2 is 1.79 bits per heavy atom. The van der Waals surface area contributed by atoms with Crippen molar-refractivity contribution < 1.29 is 22.9 Å². The standard InChI is InChI=1S/C31H34F2N2O3S/c1-3-13-39(38)27-10-6-8-23(18-27)30(37)35-28(17-22-15-25(32)19-26(33)16-22)29(36)20-34-31(11-12-31)24-9-5-7-21(4-2)14-24/h3,5-10,14-16,18-19,28-29,34,36H,1,4,11-13,17,20H2,2H3,(H,35,37). The summed E-state index contributed by atoms with van der Waals surface area (Å²) in [6.07, 6.45) is 3.29. The third-order valence-electron chi connectivity index (χ3n) is 7.07. The summed E-state index contributed by atoms with van der Waals surface area (Å²) in [6, 6.07) is 17.1. The van der Waals surface area contributed by atoms with Crippen LogP contribution in [0.4, 0.5) is 8.78 Å². The molecule has 0 saturated heterocycles. The largest absolute Gasteiger partial charge is 0.390 e. The first kappa shape index (κ1) is 28.8. The molecule has 5 nitrogen and oxygen atoms in total. The summed E-state index contributed by atoms with van der Waals surface area (Å²) in [5.41, 5.74) is 2.74. The van der Waals surface area contributed by atoms with Gasteiger partial charge in [-0.3, -0.25) is 9.00 Å². The summed E-state index contributed by atoms with van der Waals surface area (Å²) in [7, 11) is -1.34. The number of aliphatic hydroxyl groups is 1. The van der Waals surface area contributed by atoms with Crippen molar-refractivity contribution in [2.45, 2.75) is 55.2 Å². The smallest absolute Gasteiger partial charge is 0.251 e. The summed E-state index contributed by atoms with van der Waals surface area (Å²) in [6.45, 7) is 5.87. The lowest BCUT2D eigenvalue weighted by molar-refractivity contribution is 0.0821. The monoisotopic (exact) mass is 552 g/mol. The number of nitrogens with one attached hydrogen (secondary N) is 2. The fourth-order valence-electron chi connectivity index (χ4n) is 4.72. The highest BCUT2D eigenvalue weighted by Crippen LogP contribution is 2.45. The maximum Gasteiger partial charge on any atom is 0.251 e. The molecule has 3 aromatic rings. The minimum absolute atomic E-state index is 0.0175. The molecule has 1 aliphatic rings. The molecule has 0 radical (unpaired) electrons. The molecule has 0 aromatic heterocycles. The number of benzene rings is 3. The summed E-state index contributed by atoms with van der Waals surface area (Å²) >= 11 is 0. The second kappa shape index (κ2) is 12.8. The van der Waals surface area contributed by atoms with Crippen molar-refractivity contribution in [3.63, 3.8) is 0 Å². The SMILES string of the molecule is C=CCS(=O)c1cccc(C(=O)NC(Cc2cc(F)cc(F)c2)C(O)CNC2(c3cccc(CC)c3)CC2)c1. The van der Waals surface area contributed by atoms with E-state index in [1.807, 2.05) is 6.07 Å². The van der Waals surface area contributed by atoms with Gasteiger partial charge in [0.2, 0.25) is 0 Å². The van der Waals surface area contributed by atoms with Gasteiger partial charge in [-0.15, -0.1) is 6.58 Å². The van der Waals surface area contributed by atoms with Gasteiger partial charge in [0, 0.05) is 34.4 Å². The molecule has 3 unspecified atom stereocenters. The Kier molecular flexibility index (Phi) is 9.43. The van der Waals surface area contributed by atoms with E-state index in [-0.39, 0.29) is 29.8 Å². The molecule has 1 amide bonds. The molecule has 0 aliphatic heterocycles. The normalized spacial score (nSPS) is 16.2. The van der Waals surface area contributed by atoms with Crippen LogP contribution >= 0.6 is 0 Å². The number of carbonyl (C=O) groups is 1. The molecule has 1 aliphatic carbocycles. The van der Waals surface area contributed by atoms with Crippen molar-refractivity contribution in [3.8, 4) is 0 Å². The number of rotatable bonds is 13. The first-order valence-electron chi connectivity index (χ1n) is 13.1. The van der Waals surface area contributed by atoms with Crippen LogP contribution in [0.15, 0.2) is 84.3 Å². The molecule has 3 aromatic carbocycles. The Labute approximate surface area is 230 Å². The maximum absolute atomic E-state index is 13.9. The van der Waals surface area contributed by atoms with E-state index in [0.29, 0.717) is 10.5 Å². The van der Waals surface area contributed by atoms with Gasteiger partial charge in [-0.25, -0.2) is 8.78 Å². The highest BCUT2D eigenvalue weighted by molar-refractivity contribution is 7.85. The Morgan fingerprint density at radius 3 is 2.46 bits per heavy atom. The van der Waals surface area contributed by atoms with E-state index in [9.17, 15) is 22.9 Å². The van der Waals surface area contributed by atoms with Gasteiger partial charge in [0.25, 0.3) is 5.91 Å². The Balaban J connectivity index is 1.52. The van der Waals surface area contributed by atoms with Crippen molar-refractivity contribution in [2.24, 2.45) is 0 Å². The number of halogens is 2. The molecule has 39 heavy (non-hydrogen) atoms. The minimum atomic E-state index is -1.34. The fraction of sp³-hybridized carbons (Fsp3) is 0.323. The van der Waals surface area contributed by atoms with E-state index < -0.39 is 40.5 Å². The predicted molar refractivity (Wildman–Crippen MR) is 150 cm³/mol. The zero-order valence-corrected chi connectivity index (χ0v) is 22.8. The third kappa shape index (κ3) is 7.47. The van der Waals surface area contributed by atoms with Crippen molar-refractivity contribution in [1.82, 2.24) is 10.6 Å². The average Bonchev–Trinajstić information content (AvgIpc) is 3.72. The van der Waals surface area contributed by atoms with Crippen LogP contribution in [0.3, 0.4) is 0 Å². The molecule has 4 rings (SSSR count). The first-order valence-corrected chi connectivity index (χ1v) is 14.4. The van der Waals surface area contributed by atoms with Crippen LogP contribution in [0.1, 0.15) is 46.8 Å². The van der Waals surface area contributed by atoms with Crippen molar-refractivity contribution >= 4 is 16.7 Å². The summed E-state index contributed by atoms with van der Waals surface area (Å²) in [5, 5.41) is 17.6. The van der Waals surface area contributed by atoms with Crippen LogP contribution < -0.4 is 10.6 Å². The van der Waals surface area contributed by atoms with Gasteiger partial charge in [-0.1, -0.05) is 43.3 Å². The predicted octanol–water partition coefficient (Wildman–Crippen LogP) is 4.80. The van der Waals surface area contributed by atoms with Gasteiger partial charge in [0.1, 0.15) is 11.6 Å². The number of carbonyl (C=O) groups excluding carboxylic acids is 1. The lowest BCUT2D eigenvalue weighted by Gasteiger charge is -2.27. The molecule has 3 atom stereocenters. The molecule has 1 fully saturated rings. The molecular weight excluding hydrogens is 518 g/mol. The van der Waals surface area contributed by atoms with E-state index in [0.717, 1.165) is 30.9 Å². The van der Waals surface area contributed by atoms with E-state index in [1.54, 1.807) is 30.3 Å². The molecule has 0 heterocycles. The summed E-state index contributed by atoms with van der Waals surface area (Å²) in [4.78, 5) is 13.7. The number of hydrogen-bond acceptors (Lipinski definition) is 4. The summed E-state index contributed by atoms with van der Waals surface area (Å²) < 4.78 is 40.2. The number of amides is 1. The Bertz CT molecular complexity index is 1340. The van der Waals surface area contributed by atoms with Crippen molar-refractivity contribution in [2.75, 3.05) is 12.3 Å². The van der Waals surface area contributed by atoms with Crippen LogP contribution in [-0.2, 0) is 29.2 Å². The molecule has 8 heteroatoms. The van der Waals surface area contributed by atoms with E-state index in [4.69, 9.17) is 0 Å². The number of aliphatic hydroxyl groups excluding tert-OH is 1. The first-order chi connectivity index (χ1) is 18.7. The van der Waals surface area contributed by atoms with Crippen LogP contribution in [-0.4, -0.2) is 39.7 Å². The number of hydrogen-bond donors (Lipinski definition) is 3. The average molecular weight is 553 g/mol. The van der Waals surface area contributed by atoms with E-state index in [2.05, 4.69) is 42.3 Å². The summed E-state index contributed by atoms with van der Waals surface area (Å²) in [5.74, 6) is -1.68. The highest BCUT2D eigenvalue weighted by atomic mass is 32.2. The number of aryl methyl sites for hydroxylation is 1. The quantitative estimate of drug-likeness (QED) is 0.266. The van der Waals surface area contributed by atoms with Gasteiger partial charge < -0.3 is 15.7 Å². The molecule has 0 spiro atoms. The molecule has 0 bridgehead atoms. The van der Waals surface area contributed by atoms with Gasteiger partial charge >= 0.3 is 0 Å². The zero-order valence-electron chi connectivity index (χ0n) is 22.0. The molecular formula is C31H34F2N2O3S. The zero-order chi connectivity index (χ0) is 28.0. The second-order valence-electron chi connectivity index (χ2n) is 9.97. The molecule has 3 N–H and O–H groups in total.